The minimum Gasteiger partial charge on any atom is -0.455 e. The van der Waals surface area contributed by atoms with Crippen LogP contribution in [0.2, 0.25) is 0 Å². The summed E-state index contributed by atoms with van der Waals surface area (Å²) in [4.78, 5) is 34.0. The van der Waals surface area contributed by atoms with Crippen molar-refractivity contribution in [2.75, 3.05) is 6.61 Å². The van der Waals surface area contributed by atoms with E-state index in [1.54, 1.807) is 0 Å². The molecule has 0 atom stereocenters. The maximum Gasteiger partial charge on any atom is 0.433 e. The van der Waals surface area contributed by atoms with Crippen molar-refractivity contribution in [3.8, 4) is 11.5 Å². The molecule has 3 heterocycles. The van der Waals surface area contributed by atoms with Crippen molar-refractivity contribution in [2.45, 2.75) is 38.4 Å². The molecule has 0 aliphatic rings. The predicted octanol–water partition coefficient (Wildman–Crippen LogP) is 4.39. The Hall–Kier alpha value is -4.13. The first kappa shape index (κ1) is 27.9. The van der Waals surface area contributed by atoms with Gasteiger partial charge in [0.15, 0.2) is 0 Å². The molecule has 4 rings (SSSR count). The topological polar surface area (TPSA) is 99.2 Å². The van der Waals surface area contributed by atoms with Crippen LogP contribution in [0.1, 0.15) is 35.7 Å². The molecule has 13 heteroatoms. The molecule has 39 heavy (non-hydrogen) atoms. The number of aryl methyl sites for hydroxylation is 1. The molecule has 0 bridgehead atoms. The molecule has 0 fully saturated rings. The lowest BCUT2D eigenvalue weighted by Crippen LogP contribution is -2.40. The summed E-state index contributed by atoms with van der Waals surface area (Å²) in [6.07, 6.45) is -2.48. The van der Waals surface area contributed by atoms with Gasteiger partial charge in [-0.15, -0.1) is 0 Å². The standard InChI is InChI=1S/C26H23F5N4O4/c1-25(27,28)16-5-3-6-17(12-16)39-19-14-33-22-21(23(37)35(9-4-10-36)24(38)34(22)2)18(19)11-15-7-8-20(32-13-15)26(29,30)31/h3,5-8,12-14,36H,4,9-11H2,1-2H3. The van der Waals surface area contributed by atoms with Gasteiger partial charge in [0.25, 0.3) is 11.5 Å². The van der Waals surface area contributed by atoms with Crippen molar-refractivity contribution < 1.29 is 31.8 Å². The van der Waals surface area contributed by atoms with Gasteiger partial charge in [-0.25, -0.2) is 18.6 Å². The Morgan fingerprint density at radius 3 is 2.38 bits per heavy atom. The zero-order chi connectivity index (χ0) is 28.5. The number of aliphatic hydroxyl groups is 1. The van der Waals surface area contributed by atoms with Crippen molar-refractivity contribution in [3.05, 3.63) is 92.0 Å². The van der Waals surface area contributed by atoms with Crippen LogP contribution in [0.5, 0.6) is 11.5 Å². The smallest absolute Gasteiger partial charge is 0.433 e. The first-order chi connectivity index (χ1) is 18.3. The van der Waals surface area contributed by atoms with E-state index in [9.17, 15) is 36.6 Å². The van der Waals surface area contributed by atoms with Gasteiger partial charge in [0.05, 0.1) is 11.6 Å². The van der Waals surface area contributed by atoms with Crippen LogP contribution in [-0.2, 0) is 32.1 Å². The second-order valence-corrected chi connectivity index (χ2v) is 8.92. The Bertz CT molecular complexity index is 1620. The van der Waals surface area contributed by atoms with Gasteiger partial charge >= 0.3 is 11.9 Å². The molecule has 1 aromatic carbocycles. The highest BCUT2D eigenvalue weighted by Gasteiger charge is 2.32. The van der Waals surface area contributed by atoms with Crippen LogP contribution in [0.3, 0.4) is 0 Å². The lowest BCUT2D eigenvalue weighted by Gasteiger charge is -2.17. The number of hydrogen-bond acceptors (Lipinski definition) is 6. The van der Waals surface area contributed by atoms with Crippen LogP contribution in [0, 0.1) is 0 Å². The summed E-state index contributed by atoms with van der Waals surface area (Å²) in [6, 6.07) is 7.10. The Morgan fingerprint density at radius 2 is 1.77 bits per heavy atom. The molecule has 206 valence electrons. The second kappa shape index (κ2) is 10.6. The Morgan fingerprint density at radius 1 is 1.03 bits per heavy atom. The quantitative estimate of drug-likeness (QED) is 0.327. The lowest BCUT2D eigenvalue weighted by atomic mass is 10.0. The van der Waals surface area contributed by atoms with Gasteiger partial charge in [0.1, 0.15) is 22.8 Å². The molecule has 0 unspecified atom stereocenters. The highest BCUT2D eigenvalue weighted by atomic mass is 19.4. The van der Waals surface area contributed by atoms with E-state index in [0.29, 0.717) is 0 Å². The first-order valence-electron chi connectivity index (χ1n) is 11.7. The largest absolute Gasteiger partial charge is 0.455 e. The van der Waals surface area contributed by atoms with Crippen molar-refractivity contribution >= 4 is 11.0 Å². The highest BCUT2D eigenvalue weighted by molar-refractivity contribution is 5.81. The third-order valence-electron chi connectivity index (χ3n) is 6.03. The third kappa shape index (κ3) is 5.82. The number of rotatable bonds is 8. The lowest BCUT2D eigenvalue weighted by molar-refractivity contribution is -0.141. The van der Waals surface area contributed by atoms with Gasteiger partial charge in [-0.3, -0.25) is 18.9 Å². The molecule has 4 aromatic rings. The van der Waals surface area contributed by atoms with E-state index in [2.05, 4.69) is 9.97 Å². The van der Waals surface area contributed by atoms with Crippen molar-refractivity contribution in [1.82, 2.24) is 19.1 Å². The van der Waals surface area contributed by atoms with Crippen molar-refractivity contribution in [1.29, 1.82) is 0 Å². The molecule has 0 aliphatic carbocycles. The molecule has 1 N–H and O–H groups in total. The third-order valence-corrected chi connectivity index (χ3v) is 6.03. The number of aromatic nitrogens is 4. The number of nitrogens with zero attached hydrogens (tertiary/aromatic N) is 4. The predicted molar refractivity (Wildman–Crippen MR) is 131 cm³/mol. The fraction of sp³-hybridized carbons (Fsp3) is 0.308. The SMILES string of the molecule is Cn1c(=O)n(CCCO)c(=O)c2c(Cc3ccc(C(F)(F)F)nc3)c(Oc3cccc(C(C)(F)F)c3)cnc21. The molecule has 8 nitrogen and oxygen atoms in total. The Balaban J connectivity index is 1.92. The van der Waals surface area contributed by atoms with Gasteiger partial charge in [-0.05, 0) is 30.2 Å². The number of ether oxygens (including phenoxy) is 1. The minimum absolute atomic E-state index is 0.00685. The number of alkyl halides is 5. The zero-order valence-electron chi connectivity index (χ0n) is 20.8. The number of pyridine rings is 2. The summed E-state index contributed by atoms with van der Waals surface area (Å²) in [5.74, 6) is -3.18. The molecular weight excluding hydrogens is 527 g/mol. The molecule has 0 aliphatic heterocycles. The number of benzene rings is 1. The molecule has 0 radical (unpaired) electrons. The molecule has 3 aromatic heterocycles. The maximum atomic E-state index is 13.9. The van der Waals surface area contributed by atoms with Crippen LogP contribution < -0.4 is 16.0 Å². The van der Waals surface area contributed by atoms with E-state index in [1.807, 2.05) is 0 Å². The van der Waals surface area contributed by atoms with Crippen LogP contribution in [0.4, 0.5) is 22.0 Å². The zero-order valence-corrected chi connectivity index (χ0v) is 20.8. The average molecular weight is 550 g/mol. The maximum absolute atomic E-state index is 13.9. The van der Waals surface area contributed by atoms with Crippen molar-refractivity contribution in [2.24, 2.45) is 7.05 Å². The number of aliphatic hydroxyl groups excluding tert-OH is 1. The van der Waals surface area contributed by atoms with Crippen LogP contribution in [-0.4, -0.2) is 30.8 Å². The molecule has 0 saturated heterocycles. The van der Waals surface area contributed by atoms with Gasteiger partial charge in [0, 0.05) is 50.9 Å². The Labute approximate surface area is 218 Å². The molecular formula is C26H23F5N4O4. The van der Waals surface area contributed by atoms with E-state index in [-0.39, 0.29) is 65.2 Å². The summed E-state index contributed by atoms with van der Waals surface area (Å²) in [7, 11) is 1.39. The van der Waals surface area contributed by atoms with Gasteiger partial charge in [0.2, 0.25) is 0 Å². The number of halogens is 5. The summed E-state index contributed by atoms with van der Waals surface area (Å²) < 4.78 is 74.8. The minimum atomic E-state index is -4.65. The van der Waals surface area contributed by atoms with Gasteiger partial charge in [-0.1, -0.05) is 18.2 Å². The second-order valence-electron chi connectivity index (χ2n) is 8.92. The van der Waals surface area contributed by atoms with E-state index in [0.717, 1.165) is 34.4 Å². The fourth-order valence-electron chi connectivity index (χ4n) is 4.04. The Kier molecular flexibility index (Phi) is 7.55. The average Bonchev–Trinajstić information content (AvgIpc) is 2.87. The van der Waals surface area contributed by atoms with E-state index in [4.69, 9.17) is 4.74 Å². The monoisotopic (exact) mass is 550 g/mol. The van der Waals surface area contributed by atoms with E-state index in [1.165, 1.54) is 37.5 Å². The fourth-order valence-corrected chi connectivity index (χ4v) is 4.04. The summed E-state index contributed by atoms with van der Waals surface area (Å²) in [5, 5.41) is 9.16. The molecule has 0 saturated carbocycles. The molecule has 0 amide bonds. The van der Waals surface area contributed by atoms with Crippen LogP contribution in [0.15, 0.2) is 58.4 Å². The van der Waals surface area contributed by atoms with E-state index >= 15 is 0 Å². The number of hydrogen-bond donors (Lipinski definition) is 1. The first-order valence-corrected chi connectivity index (χ1v) is 11.7. The van der Waals surface area contributed by atoms with Crippen molar-refractivity contribution in [3.63, 3.8) is 0 Å². The molecule has 0 spiro atoms. The van der Waals surface area contributed by atoms with Crippen LogP contribution in [0.25, 0.3) is 11.0 Å². The van der Waals surface area contributed by atoms with E-state index < -0.39 is 29.0 Å². The normalized spacial score (nSPS) is 12.2. The summed E-state index contributed by atoms with van der Waals surface area (Å²) in [5.41, 5.74) is -2.42. The highest BCUT2D eigenvalue weighted by Crippen LogP contribution is 2.34. The number of fused-ring (bicyclic) bond motifs is 1. The van der Waals surface area contributed by atoms with Gasteiger partial charge < -0.3 is 9.84 Å². The summed E-state index contributed by atoms with van der Waals surface area (Å²) >= 11 is 0. The van der Waals surface area contributed by atoms with Gasteiger partial charge in [-0.2, -0.15) is 13.2 Å². The van der Waals surface area contributed by atoms with Crippen LogP contribution >= 0.6 is 0 Å². The summed E-state index contributed by atoms with van der Waals surface area (Å²) in [6.45, 7) is 0.345.